The van der Waals surface area contributed by atoms with Gasteiger partial charge in [0, 0.05) is 6.61 Å². The van der Waals surface area contributed by atoms with Crippen LogP contribution in [-0.4, -0.2) is 186 Å². The predicted octanol–water partition coefficient (Wildman–Crippen LogP) is -0.680. The maximum absolute atomic E-state index is 15.0. The number of carbonyl (C=O) groups is 2. The fourth-order valence-electron chi connectivity index (χ4n) is 14.7. The molecule has 0 aromatic carbocycles. The van der Waals surface area contributed by atoms with Crippen LogP contribution in [0.15, 0.2) is 11.6 Å². The number of allylic oxidation sites excluding steroid dienone is 2. The number of hydrogen-bond donors (Lipinski definition) is 11. The number of aliphatic hydroxyl groups excluding tert-OH is 11. The zero-order chi connectivity index (χ0) is 49.0. The van der Waals surface area contributed by atoms with Crippen molar-refractivity contribution in [3.05, 3.63) is 11.6 Å². The van der Waals surface area contributed by atoms with E-state index in [1.807, 2.05) is 13.8 Å². The third-order valence-electron chi connectivity index (χ3n) is 19.5. The van der Waals surface area contributed by atoms with Crippen LogP contribution in [0, 0.1) is 50.2 Å². The first-order chi connectivity index (χ1) is 31.4. The number of esters is 1. The first kappa shape index (κ1) is 51.6. The Labute approximate surface area is 391 Å². The molecule has 0 spiro atoms. The summed E-state index contributed by atoms with van der Waals surface area (Å²) in [5.41, 5.74) is -2.08. The second kappa shape index (κ2) is 18.4. The molecule has 0 bridgehead atoms. The molecule has 0 unspecified atom stereocenters. The topological polar surface area (TPSA) is 312 Å². The minimum atomic E-state index is -1.88. The van der Waals surface area contributed by atoms with Crippen molar-refractivity contribution in [2.45, 2.75) is 204 Å². The number of rotatable bonds is 10. The van der Waals surface area contributed by atoms with Crippen LogP contribution in [0.3, 0.4) is 0 Å². The van der Waals surface area contributed by atoms with Gasteiger partial charge in [-0.3, -0.25) is 4.79 Å². The first-order valence-corrected chi connectivity index (χ1v) is 24.4. The lowest BCUT2D eigenvalue weighted by molar-refractivity contribution is -0.361. The molecule has 0 radical (unpaired) electrons. The zero-order valence-corrected chi connectivity index (χ0v) is 39.5. The van der Waals surface area contributed by atoms with Crippen LogP contribution in [-0.2, 0) is 38.0 Å². The van der Waals surface area contributed by atoms with E-state index < -0.39 is 134 Å². The molecular weight excluding hydrogens is 881 g/mol. The standard InChI is InChI=1S/C48H76O19/c1-22-30(53)32(55)35(58)40(63-22)66-38-25(18-49)64-39(37(60)34(38)57)62-19-26-31(54)33(56)36(59)41(65-26)67-42(61)48-15-13-43(2,20-50)17-24(48)23-7-8-28-44(3)11-10-29(52)45(4,21-51)27(44)9-12-47(28,6)46(23,5)14-16-48/h7,21-22,24-41,49-50,52-60H,8-20H2,1-6H3/t22-,24-,25-,26-,27-,28-,29+,30-,31-,32+,33+,34-,35-,36-,37-,38-,39-,40+,41+,43-,44+,45+,46-,47+,48+/m0/s1. The fourth-order valence-corrected chi connectivity index (χ4v) is 14.7. The molecule has 3 saturated heterocycles. The molecule has 67 heavy (non-hydrogen) atoms. The van der Waals surface area contributed by atoms with Gasteiger partial charge in [-0.05, 0) is 111 Å². The lowest BCUT2D eigenvalue weighted by Gasteiger charge is -2.71. The third kappa shape index (κ3) is 8.01. The first-order valence-electron chi connectivity index (χ1n) is 24.4. The van der Waals surface area contributed by atoms with Gasteiger partial charge in [0.15, 0.2) is 12.6 Å². The summed E-state index contributed by atoms with van der Waals surface area (Å²) in [6, 6.07) is 0. The van der Waals surface area contributed by atoms with Gasteiger partial charge in [-0.25, -0.2) is 0 Å². The Morgan fingerprint density at radius 2 is 1.36 bits per heavy atom. The monoisotopic (exact) mass is 956 g/mol. The Morgan fingerprint density at radius 3 is 2.03 bits per heavy atom. The second-order valence-electron chi connectivity index (χ2n) is 23.0. The van der Waals surface area contributed by atoms with E-state index in [2.05, 4.69) is 26.8 Å². The molecule has 382 valence electrons. The van der Waals surface area contributed by atoms with Gasteiger partial charge >= 0.3 is 5.97 Å². The number of ether oxygens (including phenoxy) is 6. The SMILES string of the molecule is C[C@@H]1O[C@H](O[C@@H]2[C@@H](O)[C@H](O)[C@@H](OC[C@@H]3O[C@H](OC(=O)[C@@]45CC[C@](C)(CO)C[C@H]4C4=CC[C@H]6[C@]7(C)CC[C@@H](O)[C@](C)(C=O)[C@H]7CC[C@@]6(C)[C@@]4(C)CC5)[C@@H](O)[C@H](O)[C@H]3O)O[C@H]2CO)[C@@H](O)[C@H](O)[C@H]1O. The van der Waals surface area contributed by atoms with Gasteiger partial charge < -0.3 is 89.4 Å². The molecule has 11 N–H and O–H groups in total. The molecule has 0 aromatic heterocycles. The molecule has 0 amide bonds. The molecule has 19 heteroatoms. The molecule has 3 heterocycles. The number of carbonyl (C=O) groups excluding carboxylic acids is 2. The number of aldehydes is 1. The molecule has 8 rings (SSSR count). The lowest BCUT2D eigenvalue weighted by atomic mass is 9.33. The van der Waals surface area contributed by atoms with Gasteiger partial charge in [0.2, 0.25) is 6.29 Å². The molecule has 3 aliphatic heterocycles. The molecule has 8 aliphatic rings. The van der Waals surface area contributed by atoms with Gasteiger partial charge in [-0.2, -0.15) is 0 Å². The van der Waals surface area contributed by atoms with Crippen LogP contribution in [0.2, 0.25) is 0 Å². The summed E-state index contributed by atoms with van der Waals surface area (Å²) in [6.07, 6.45) is -15.8. The van der Waals surface area contributed by atoms with E-state index >= 15 is 0 Å². The maximum Gasteiger partial charge on any atom is 0.315 e. The van der Waals surface area contributed by atoms with Crippen molar-refractivity contribution in [1.82, 2.24) is 0 Å². The highest BCUT2D eigenvalue weighted by atomic mass is 16.8. The van der Waals surface area contributed by atoms with E-state index in [0.717, 1.165) is 37.5 Å². The summed E-state index contributed by atoms with van der Waals surface area (Å²) in [4.78, 5) is 27.6. The highest BCUT2D eigenvalue weighted by Crippen LogP contribution is 2.76. The fraction of sp³-hybridized carbons (Fsp3) is 0.917. The van der Waals surface area contributed by atoms with Gasteiger partial charge in [-0.1, -0.05) is 46.3 Å². The minimum Gasteiger partial charge on any atom is -0.432 e. The number of hydrogen-bond acceptors (Lipinski definition) is 19. The second-order valence-corrected chi connectivity index (χ2v) is 23.0. The number of aliphatic hydroxyl groups is 11. The van der Waals surface area contributed by atoms with E-state index in [-0.39, 0.29) is 40.6 Å². The summed E-state index contributed by atoms with van der Waals surface area (Å²) >= 11 is 0. The summed E-state index contributed by atoms with van der Waals surface area (Å²) in [5.74, 6) is -0.780. The van der Waals surface area contributed by atoms with Crippen LogP contribution in [0.25, 0.3) is 0 Å². The largest absolute Gasteiger partial charge is 0.432 e. The summed E-state index contributed by atoms with van der Waals surface area (Å²) in [6.45, 7) is 10.8. The molecular formula is C48H76O19. The van der Waals surface area contributed by atoms with E-state index in [0.29, 0.717) is 38.5 Å². The average Bonchev–Trinajstić information content (AvgIpc) is 3.30. The maximum atomic E-state index is 15.0. The molecule has 7 fully saturated rings. The van der Waals surface area contributed by atoms with Gasteiger partial charge in [0.1, 0.15) is 73.4 Å². The van der Waals surface area contributed by atoms with Crippen molar-refractivity contribution in [3.8, 4) is 0 Å². The molecule has 25 atom stereocenters. The zero-order valence-electron chi connectivity index (χ0n) is 39.5. The molecule has 5 aliphatic carbocycles. The smallest absolute Gasteiger partial charge is 0.315 e. The van der Waals surface area contributed by atoms with Gasteiger partial charge in [0.25, 0.3) is 0 Å². The van der Waals surface area contributed by atoms with Gasteiger partial charge in [0.05, 0.1) is 36.3 Å². The Balaban J connectivity index is 0.987. The summed E-state index contributed by atoms with van der Waals surface area (Å²) < 4.78 is 34.6. The lowest BCUT2D eigenvalue weighted by Crippen LogP contribution is -2.66. The average molecular weight is 957 g/mol. The van der Waals surface area contributed by atoms with Crippen LogP contribution in [0.5, 0.6) is 0 Å². The Kier molecular flexibility index (Phi) is 14.1. The highest BCUT2D eigenvalue weighted by molar-refractivity contribution is 5.79. The Hall–Kier alpha value is -1.76. The predicted molar refractivity (Wildman–Crippen MR) is 231 cm³/mol. The van der Waals surface area contributed by atoms with Crippen molar-refractivity contribution in [1.29, 1.82) is 0 Å². The summed E-state index contributed by atoms with van der Waals surface area (Å²) in [5, 5.41) is 118. The Bertz CT molecular complexity index is 1850. The van der Waals surface area contributed by atoms with Crippen LogP contribution < -0.4 is 0 Å². The van der Waals surface area contributed by atoms with E-state index in [1.165, 1.54) is 6.92 Å². The third-order valence-corrected chi connectivity index (χ3v) is 19.5. The van der Waals surface area contributed by atoms with Crippen LogP contribution in [0.4, 0.5) is 0 Å². The van der Waals surface area contributed by atoms with Crippen molar-refractivity contribution in [2.75, 3.05) is 19.8 Å². The van der Waals surface area contributed by atoms with Crippen LogP contribution in [0.1, 0.15) is 106 Å². The van der Waals surface area contributed by atoms with E-state index in [1.54, 1.807) is 0 Å². The quantitative estimate of drug-likeness (QED) is 0.0734. The van der Waals surface area contributed by atoms with Crippen molar-refractivity contribution in [2.24, 2.45) is 50.2 Å². The molecule has 4 saturated carbocycles. The highest BCUT2D eigenvalue weighted by Gasteiger charge is 2.70. The Morgan fingerprint density at radius 1 is 0.716 bits per heavy atom. The summed E-state index contributed by atoms with van der Waals surface area (Å²) in [7, 11) is 0. The minimum absolute atomic E-state index is 0.0134. The van der Waals surface area contributed by atoms with Crippen molar-refractivity contribution >= 4 is 12.3 Å². The van der Waals surface area contributed by atoms with Crippen LogP contribution >= 0.6 is 0 Å². The molecule has 0 aromatic rings. The van der Waals surface area contributed by atoms with Crippen molar-refractivity contribution in [3.63, 3.8) is 0 Å². The number of fused-ring (bicyclic) bond motifs is 7. The normalized spacial score (nSPS) is 55.5. The van der Waals surface area contributed by atoms with Crippen molar-refractivity contribution < 1.29 is 94.2 Å². The van der Waals surface area contributed by atoms with E-state index in [9.17, 15) is 65.8 Å². The van der Waals surface area contributed by atoms with Gasteiger partial charge in [-0.15, -0.1) is 0 Å². The molecule has 19 nitrogen and oxygen atoms in total. The van der Waals surface area contributed by atoms with E-state index in [4.69, 9.17) is 28.4 Å².